The van der Waals surface area contributed by atoms with Crippen LogP contribution < -0.4 is 4.74 Å². The van der Waals surface area contributed by atoms with Crippen LogP contribution in [0.5, 0.6) is 5.75 Å². The van der Waals surface area contributed by atoms with Crippen LogP contribution in [0.15, 0.2) is 194 Å². The van der Waals surface area contributed by atoms with Crippen LogP contribution in [-0.4, -0.2) is 15.0 Å². The van der Waals surface area contributed by atoms with Gasteiger partial charge in [-0.3, -0.25) is 0 Å². The van der Waals surface area contributed by atoms with E-state index in [-0.39, 0.29) is 5.92 Å². The van der Waals surface area contributed by atoms with Crippen molar-refractivity contribution in [2.45, 2.75) is 25.4 Å². The van der Waals surface area contributed by atoms with E-state index in [0.29, 0.717) is 24.1 Å². The fraction of sp³-hybridized carbons (Fsp3) is 0.0678. The molecule has 1 atom stereocenters. The summed E-state index contributed by atoms with van der Waals surface area (Å²) in [5.41, 5.74) is 15.1. The van der Waals surface area contributed by atoms with Gasteiger partial charge in [-0.05, 0) is 116 Å². The minimum absolute atomic E-state index is 0.0574. The number of benzene rings is 9. The largest absolute Gasteiger partial charge is 0.488 e. The zero-order valence-electron chi connectivity index (χ0n) is 34.8. The average Bonchev–Trinajstić information content (AvgIpc) is 3.66. The van der Waals surface area contributed by atoms with E-state index in [4.69, 9.17) is 19.7 Å². The maximum Gasteiger partial charge on any atom is 0.164 e. The molecule has 0 saturated carbocycles. The first-order valence-corrected chi connectivity index (χ1v) is 22.8. The number of para-hydroxylation sites is 1. The van der Waals surface area contributed by atoms with Gasteiger partial charge in [0.15, 0.2) is 17.5 Å². The molecular weight excluding hydrogens is 799 g/mol. The van der Waals surface area contributed by atoms with Gasteiger partial charge in [0.25, 0.3) is 0 Å². The number of thiophene rings is 1. The van der Waals surface area contributed by atoms with Crippen LogP contribution in [0.3, 0.4) is 0 Å². The second-order valence-corrected chi connectivity index (χ2v) is 18.1. The number of aryl methyl sites for hydroxylation is 1. The first-order chi connectivity index (χ1) is 31.7. The quantitative estimate of drug-likeness (QED) is 0.173. The lowest BCUT2D eigenvalue weighted by molar-refractivity contribution is 0.302. The Morgan fingerprint density at radius 3 is 1.97 bits per heavy atom. The van der Waals surface area contributed by atoms with Gasteiger partial charge in [0.2, 0.25) is 0 Å². The van der Waals surface area contributed by atoms with Gasteiger partial charge >= 0.3 is 0 Å². The highest BCUT2D eigenvalue weighted by molar-refractivity contribution is 7.25. The van der Waals surface area contributed by atoms with E-state index in [1.165, 1.54) is 64.3 Å². The first-order valence-electron chi connectivity index (χ1n) is 22.0. The van der Waals surface area contributed by atoms with Crippen molar-refractivity contribution in [1.82, 2.24) is 15.0 Å². The number of nitrogens with zero attached hydrogens (tertiary/aromatic N) is 3. The van der Waals surface area contributed by atoms with Crippen molar-refractivity contribution in [3.8, 4) is 73.3 Å². The zero-order chi connectivity index (χ0) is 42.1. The summed E-state index contributed by atoms with van der Waals surface area (Å²) < 4.78 is 8.92. The van der Waals surface area contributed by atoms with Gasteiger partial charge in [0, 0.05) is 48.3 Å². The molecule has 2 aliphatic rings. The average molecular weight is 838 g/mol. The Labute approximate surface area is 375 Å². The third kappa shape index (κ3) is 6.23. The van der Waals surface area contributed by atoms with Crippen molar-refractivity contribution in [3.05, 3.63) is 216 Å². The normalized spacial score (nSPS) is 14.0. The molecule has 11 aromatic rings. The summed E-state index contributed by atoms with van der Waals surface area (Å²) in [6.07, 6.45) is 1.86. The van der Waals surface area contributed by atoms with Crippen LogP contribution in [-0.2, 0) is 13.0 Å². The Hall–Kier alpha value is -7.73. The van der Waals surface area contributed by atoms with Gasteiger partial charge in [-0.2, -0.15) is 0 Å². The lowest BCUT2D eigenvalue weighted by Gasteiger charge is -2.27. The molecule has 5 heteroatoms. The molecule has 64 heavy (non-hydrogen) atoms. The Balaban J connectivity index is 1.05. The van der Waals surface area contributed by atoms with E-state index in [1.54, 1.807) is 0 Å². The molecule has 0 bridgehead atoms. The van der Waals surface area contributed by atoms with E-state index >= 15 is 0 Å². The van der Waals surface area contributed by atoms with Gasteiger partial charge in [0.05, 0.1) is 0 Å². The molecule has 1 aliphatic heterocycles. The second-order valence-electron chi connectivity index (χ2n) is 17.0. The molecule has 3 heterocycles. The highest BCUT2D eigenvalue weighted by Crippen LogP contribution is 2.48. The molecular formula is C59H39N3OS. The minimum atomic E-state index is 0.0574. The number of aromatic nitrogens is 3. The second kappa shape index (κ2) is 15.0. The minimum Gasteiger partial charge on any atom is -0.488 e. The van der Waals surface area contributed by atoms with Gasteiger partial charge in [-0.1, -0.05) is 152 Å². The standard InChI is InChI=1S/C59H39N3OS/c1-2-13-36(14-3-1)37-17-12-18-41(30-37)57-60-58(42-26-28-49-48-22-9-11-24-55(48)64-56(49)33-42)62-59(61-57)53-32-43-35-63-54-23-10-8-21-47(54)51(43)34-52(53)46-27-25-40-29-38-15-4-5-16-39(38)31-50(40)45-20-7-6-19-44(45)46/h1-24,26,28-34,46H,25,27,35H2. The van der Waals surface area contributed by atoms with Crippen LogP contribution in [0, 0.1) is 0 Å². The van der Waals surface area contributed by atoms with Crippen molar-refractivity contribution >= 4 is 42.3 Å². The van der Waals surface area contributed by atoms with Crippen LogP contribution in [0.4, 0.5) is 0 Å². The first kappa shape index (κ1) is 36.9. The van der Waals surface area contributed by atoms with Crippen LogP contribution in [0.2, 0.25) is 0 Å². The molecule has 0 N–H and O–H groups in total. The van der Waals surface area contributed by atoms with E-state index in [1.807, 2.05) is 11.3 Å². The highest BCUT2D eigenvalue weighted by atomic mass is 32.1. The van der Waals surface area contributed by atoms with Crippen LogP contribution in [0.25, 0.3) is 98.5 Å². The lowest BCUT2D eigenvalue weighted by Crippen LogP contribution is -2.11. The van der Waals surface area contributed by atoms with Gasteiger partial charge < -0.3 is 4.74 Å². The Morgan fingerprint density at radius 1 is 0.406 bits per heavy atom. The Morgan fingerprint density at radius 2 is 1.08 bits per heavy atom. The van der Waals surface area contributed by atoms with E-state index in [9.17, 15) is 0 Å². The van der Waals surface area contributed by atoms with Crippen molar-refractivity contribution in [2.75, 3.05) is 0 Å². The molecule has 302 valence electrons. The summed E-state index contributed by atoms with van der Waals surface area (Å²) >= 11 is 1.81. The highest BCUT2D eigenvalue weighted by Gasteiger charge is 2.30. The number of hydrogen-bond acceptors (Lipinski definition) is 5. The topological polar surface area (TPSA) is 47.9 Å². The maximum absolute atomic E-state index is 6.44. The molecule has 13 rings (SSSR count). The SMILES string of the molecule is c1ccc(-c2cccc(-c3nc(-c4ccc5c(c4)sc4ccccc45)nc(-c4cc5c(cc4C4CCc6cc7ccccc7cc6-c6ccccc64)-c4ccccc4OC5)n3)c2)cc1. The van der Waals surface area contributed by atoms with Crippen molar-refractivity contribution < 1.29 is 4.74 Å². The zero-order valence-corrected chi connectivity index (χ0v) is 35.6. The van der Waals surface area contributed by atoms with Crippen molar-refractivity contribution in [2.24, 2.45) is 0 Å². The third-order valence-electron chi connectivity index (χ3n) is 13.3. The predicted molar refractivity (Wildman–Crippen MR) is 264 cm³/mol. The summed E-state index contributed by atoms with van der Waals surface area (Å²) in [7, 11) is 0. The molecule has 1 unspecified atom stereocenters. The maximum atomic E-state index is 6.44. The summed E-state index contributed by atoms with van der Waals surface area (Å²) in [6, 6.07) is 70.1. The Bertz CT molecular complexity index is 3650. The predicted octanol–water partition coefficient (Wildman–Crippen LogP) is 15.4. The smallest absolute Gasteiger partial charge is 0.164 e. The monoisotopic (exact) mass is 837 g/mol. The molecule has 0 amide bonds. The molecule has 0 saturated heterocycles. The molecule has 9 aromatic carbocycles. The fourth-order valence-electron chi connectivity index (χ4n) is 10.1. The molecule has 2 aromatic heterocycles. The van der Waals surface area contributed by atoms with Crippen LogP contribution in [0.1, 0.15) is 34.6 Å². The summed E-state index contributed by atoms with van der Waals surface area (Å²) in [6.45, 7) is 0.464. The van der Waals surface area contributed by atoms with E-state index < -0.39 is 0 Å². The third-order valence-corrected chi connectivity index (χ3v) is 14.4. The molecule has 0 radical (unpaired) electrons. The summed E-state index contributed by atoms with van der Waals surface area (Å²) in [4.78, 5) is 16.3. The van der Waals surface area contributed by atoms with Gasteiger partial charge in [0.1, 0.15) is 12.4 Å². The lowest BCUT2D eigenvalue weighted by atomic mass is 9.80. The van der Waals surface area contributed by atoms with Gasteiger partial charge in [-0.25, -0.2) is 15.0 Å². The van der Waals surface area contributed by atoms with E-state index in [2.05, 4.69) is 194 Å². The van der Waals surface area contributed by atoms with Crippen molar-refractivity contribution in [3.63, 3.8) is 0 Å². The number of rotatable bonds is 5. The molecule has 4 nitrogen and oxygen atoms in total. The molecule has 0 spiro atoms. The van der Waals surface area contributed by atoms with Gasteiger partial charge in [-0.15, -0.1) is 11.3 Å². The number of fused-ring (bicyclic) bond motifs is 10. The van der Waals surface area contributed by atoms with Crippen LogP contribution >= 0.6 is 11.3 Å². The summed E-state index contributed by atoms with van der Waals surface area (Å²) in [5, 5.41) is 5.05. The fourth-order valence-corrected chi connectivity index (χ4v) is 11.3. The number of hydrogen-bond donors (Lipinski definition) is 0. The molecule has 0 fully saturated rings. The number of ether oxygens (including phenoxy) is 1. The molecule has 1 aliphatic carbocycles. The summed E-state index contributed by atoms with van der Waals surface area (Å²) in [5.74, 6) is 2.91. The Kier molecular flexibility index (Phi) is 8.63. The van der Waals surface area contributed by atoms with Crippen molar-refractivity contribution in [1.29, 1.82) is 0 Å². The van der Waals surface area contributed by atoms with E-state index in [0.717, 1.165) is 57.5 Å².